The maximum atomic E-state index is 10.8. The maximum absolute atomic E-state index is 10.8. The number of nitrogens with zero attached hydrogens (tertiary/aromatic N) is 2. The van der Waals surface area contributed by atoms with Crippen molar-refractivity contribution in [2.75, 3.05) is 12.0 Å². The lowest BCUT2D eigenvalue weighted by atomic mass is 10.1. The number of aldehydes is 1. The zero-order valence-corrected chi connectivity index (χ0v) is 9.45. The second-order valence-corrected chi connectivity index (χ2v) is 4.82. The van der Waals surface area contributed by atoms with E-state index in [-0.39, 0.29) is 0 Å². The summed E-state index contributed by atoms with van der Waals surface area (Å²) in [6.45, 7) is 0. The minimum absolute atomic E-state index is 0.583. The average molecular weight is 226 g/mol. The number of fused-ring (bicyclic) bond motifs is 1. The van der Waals surface area contributed by atoms with Crippen molar-refractivity contribution in [1.82, 2.24) is 9.97 Å². The molecule has 3 nitrogen and oxygen atoms in total. The van der Waals surface area contributed by atoms with Crippen LogP contribution in [-0.2, 0) is 12.2 Å². The minimum atomic E-state index is 0.583. The fraction of sp³-hybridized carbons (Fsp3) is 0.444. The van der Waals surface area contributed by atoms with Crippen LogP contribution < -0.4 is 0 Å². The Kier molecular flexibility index (Phi) is 3.08. The van der Waals surface area contributed by atoms with E-state index < -0.39 is 0 Å². The van der Waals surface area contributed by atoms with Crippen LogP contribution in [0, 0.1) is 0 Å². The van der Waals surface area contributed by atoms with Crippen molar-refractivity contribution in [2.45, 2.75) is 17.3 Å². The van der Waals surface area contributed by atoms with Crippen molar-refractivity contribution >= 4 is 29.8 Å². The summed E-state index contributed by atoms with van der Waals surface area (Å²) < 4.78 is 0. The molecule has 0 unspecified atom stereocenters. The van der Waals surface area contributed by atoms with E-state index in [9.17, 15) is 4.79 Å². The molecule has 2 rings (SSSR count). The van der Waals surface area contributed by atoms with E-state index in [0.717, 1.165) is 35.5 Å². The van der Waals surface area contributed by atoms with Crippen LogP contribution in [-0.4, -0.2) is 28.3 Å². The van der Waals surface area contributed by atoms with E-state index in [4.69, 9.17) is 0 Å². The molecule has 14 heavy (non-hydrogen) atoms. The molecule has 0 bridgehead atoms. The first-order valence-corrected chi connectivity index (χ1v) is 6.70. The molecule has 1 aromatic heterocycles. The molecule has 0 aliphatic carbocycles. The molecule has 0 fully saturated rings. The Hall–Kier alpha value is -0.550. The van der Waals surface area contributed by atoms with Gasteiger partial charge >= 0.3 is 0 Å². The quantitative estimate of drug-likeness (QED) is 0.437. The number of carbonyl (C=O) groups excluding carboxylic acids is 1. The molecule has 0 N–H and O–H groups in total. The van der Waals surface area contributed by atoms with Gasteiger partial charge in [0.2, 0.25) is 0 Å². The van der Waals surface area contributed by atoms with E-state index in [1.165, 1.54) is 11.8 Å². The second-order valence-electron chi connectivity index (χ2n) is 2.94. The lowest BCUT2D eigenvalue weighted by molar-refractivity contribution is 0.111. The highest BCUT2D eigenvalue weighted by molar-refractivity contribution is 7.98. The van der Waals surface area contributed by atoms with Gasteiger partial charge in [-0.3, -0.25) is 4.79 Å². The van der Waals surface area contributed by atoms with Crippen LogP contribution in [0.5, 0.6) is 0 Å². The first-order valence-electron chi connectivity index (χ1n) is 4.32. The van der Waals surface area contributed by atoms with E-state index in [1.54, 1.807) is 0 Å². The van der Waals surface area contributed by atoms with Gasteiger partial charge in [-0.1, -0.05) is 11.8 Å². The summed E-state index contributed by atoms with van der Waals surface area (Å²) in [6, 6.07) is 0. The van der Waals surface area contributed by atoms with Gasteiger partial charge in [0.25, 0.3) is 0 Å². The number of hydrogen-bond donors (Lipinski definition) is 0. The summed E-state index contributed by atoms with van der Waals surface area (Å²) in [7, 11) is 0. The summed E-state index contributed by atoms with van der Waals surface area (Å²) in [5.74, 6) is 1.97. The zero-order valence-electron chi connectivity index (χ0n) is 7.82. The molecule has 0 spiro atoms. The van der Waals surface area contributed by atoms with Crippen LogP contribution in [0.15, 0.2) is 5.16 Å². The van der Waals surface area contributed by atoms with Crippen LogP contribution in [0.4, 0.5) is 0 Å². The van der Waals surface area contributed by atoms with Crippen LogP contribution in [0.1, 0.15) is 21.7 Å². The van der Waals surface area contributed by atoms with E-state index in [0.29, 0.717) is 10.9 Å². The SMILES string of the molecule is CSc1nc(C=O)c2c(n1)CSCC2. The van der Waals surface area contributed by atoms with Gasteiger partial charge in [0.05, 0.1) is 5.69 Å². The number of thioether (sulfide) groups is 2. The molecule has 1 aromatic rings. The Morgan fingerprint density at radius 1 is 1.50 bits per heavy atom. The fourth-order valence-corrected chi connectivity index (χ4v) is 2.77. The average Bonchev–Trinajstić information content (AvgIpc) is 2.27. The molecule has 5 heteroatoms. The van der Waals surface area contributed by atoms with Crippen LogP contribution in [0.3, 0.4) is 0 Å². The van der Waals surface area contributed by atoms with Crippen molar-refractivity contribution in [3.05, 3.63) is 17.0 Å². The molecule has 1 aliphatic rings. The van der Waals surface area contributed by atoms with Gasteiger partial charge in [0.15, 0.2) is 11.4 Å². The molecule has 1 aliphatic heterocycles. The smallest absolute Gasteiger partial charge is 0.188 e. The number of hydrogen-bond acceptors (Lipinski definition) is 5. The molecule has 0 radical (unpaired) electrons. The summed E-state index contributed by atoms with van der Waals surface area (Å²) in [5.41, 5.74) is 2.68. The second kappa shape index (κ2) is 4.31. The van der Waals surface area contributed by atoms with Gasteiger partial charge in [-0.05, 0) is 18.4 Å². The van der Waals surface area contributed by atoms with Crippen molar-refractivity contribution < 1.29 is 4.79 Å². The normalized spacial score (nSPS) is 14.9. The Bertz CT molecular complexity index is 368. The molecular weight excluding hydrogens is 216 g/mol. The first-order chi connectivity index (χ1) is 6.85. The number of aromatic nitrogens is 2. The molecule has 0 amide bonds. The predicted octanol–water partition coefficient (Wildman–Crippen LogP) is 1.80. The lowest BCUT2D eigenvalue weighted by Gasteiger charge is -2.15. The highest BCUT2D eigenvalue weighted by Crippen LogP contribution is 2.25. The molecule has 0 aromatic carbocycles. The van der Waals surface area contributed by atoms with Crippen molar-refractivity contribution in [3.63, 3.8) is 0 Å². The van der Waals surface area contributed by atoms with E-state index in [1.807, 2.05) is 18.0 Å². The standard InChI is InChI=1S/C9H10N2OS2/c1-13-9-10-7(4-12)6-2-3-14-5-8(6)11-9/h4H,2-3,5H2,1H3. The monoisotopic (exact) mass is 226 g/mol. The fourth-order valence-electron chi connectivity index (χ4n) is 1.45. The Morgan fingerprint density at radius 2 is 2.36 bits per heavy atom. The van der Waals surface area contributed by atoms with E-state index in [2.05, 4.69) is 9.97 Å². The van der Waals surface area contributed by atoms with Crippen LogP contribution in [0.25, 0.3) is 0 Å². The minimum Gasteiger partial charge on any atom is -0.296 e. The Morgan fingerprint density at radius 3 is 3.07 bits per heavy atom. The van der Waals surface area contributed by atoms with Gasteiger partial charge in [-0.25, -0.2) is 9.97 Å². The molecule has 2 heterocycles. The highest BCUT2D eigenvalue weighted by atomic mass is 32.2. The molecule has 0 saturated heterocycles. The van der Waals surface area contributed by atoms with Gasteiger partial charge in [-0.2, -0.15) is 11.8 Å². The largest absolute Gasteiger partial charge is 0.296 e. The van der Waals surface area contributed by atoms with Gasteiger partial charge in [0.1, 0.15) is 5.69 Å². The van der Waals surface area contributed by atoms with Gasteiger partial charge in [-0.15, -0.1) is 0 Å². The third-order valence-corrected chi connectivity index (χ3v) is 3.65. The maximum Gasteiger partial charge on any atom is 0.188 e. The van der Waals surface area contributed by atoms with E-state index >= 15 is 0 Å². The number of rotatable bonds is 2. The highest BCUT2D eigenvalue weighted by Gasteiger charge is 2.17. The summed E-state index contributed by atoms with van der Waals surface area (Å²) >= 11 is 3.34. The Balaban J connectivity index is 2.52. The molecule has 0 saturated carbocycles. The summed E-state index contributed by atoms with van der Waals surface area (Å²) in [4.78, 5) is 19.5. The summed E-state index contributed by atoms with van der Waals surface area (Å²) in [5, 5.41) is 0.702. The predicted molar refractivity (Wildman–Crippen MR) is 59.1 cm³/mol. The third-order valence-electron chi connectivity index (χ3n) is 2.13. The lowest BCUT2D eigenvalue weighted by Crippen LogP contribution is -2.11. The van der Waals surface area contributed by atoms with Crippen LogP contribution >= 0.6 is 23.5 Å². The van der Waals surface area contributed by atoms with Crippen molar-refractivity contribution in [1.29, 1.82) is 0 Å². The van der Waals surface area contributed by atoms with Crippen molar-refractivity contribution in [2.24, 2.45) is 0 Å². The summed E-state index contributed by atoms with van der Waals surface area (Å²) in [6.07, 6.45) is 3.69. The van der Waals surface area contributed by atoms with Gasteiger partial charge < -0.3 is 0 Å². The molecule has 74 valence electrons. The Labute approximate surface area is 91.1 Å². The zero-order chi connectivity index (χ0) is 9.97. The topological polar surface area (TPSA) is 42.9 Å². The van der Waals surface area contributed by atoms with Crippen molar-refractivity contribution in [3.8, 4) is 0 Å². The third kappa shape index (κ3) is 1.79. The van der Waals surface area contributed by atoms with Gasteiger partial charge in [0, 0.05) is 11.3 Å². The number of carbonyl (C=O) groups is 1. The molecular formula is C9H10N2OS2. The molecule has 0 atom stereocenters. The van der Waals surface area contributed by atoms with Crippen LogP contribution in [0.2, 0.25) is 0 Å². The first kappa shape index (κ1) is 9.98.